The number of hydrogen-bond acceptors (Lipinski definition) is 1. The SMILES string of the molecule is C=CCCC(=O)N(/C(I)=C/C)[C@@H](C)c1ccccc1. The summed E-state index contributed by atoms with van der Waals surface area (Å²) in [4.78, 5) is 14.2. The minimum absolute atomic E-state index is 0.0432. The predicted octanol–water partition coefficient (Wildman–Crippen LogP) is 4.84. The molecule has 0 bridgehead atoms. The first-order valence-corrected chi connectivity index (χ1v) is 7.49. The van der Waals surface area contributed by atoms with Gasteiger partial charge in [0, 0.05) is 6.42 Å². The van der Waals surface area contributed by atoms with E-state index < -0.39 is 0 Å². The van der Waals surface area contributed by atoms with E-state index >= 15 is 0 Å². The van der Waals surface area contributed by atoms with Crippen LogP contribution in [0.25, 0.3) is 0 Å². The molecule has 102 valence electrons. The quantitative estimate of drug-likeness (QED) is 0.399. The zero-order chi connectivity index (χ0) is 14.3. The molecule has 1 atom stereocenters. The standard InChI is InChI=1S/C16H20INO/c1-4-6-12-16(19)18(15(17)5-2)13(3)14-10-8-7-9-11-14/h4-5,7-11,13H,1,6,12H2,2-3H3/b15-5+/t13-/m0/s1. The van der Waals surface area contributed by atoms with Gasteiger partial charge in [-0.05, 0) is 48.4 Å². The van der Waals surface area contributed by atoms with Gasteiger partial charge >= 0.3 is 0 Å². The summed E-state index contributed by atoms with van der Waals surface area (Å²) < 4.78 is 0.961. The topological polar surface area (TPSA) is 20.3 Å². The second-order valence-electron chi connectivity index (χ2n) is 4.29. The Morgan fingerprint density at radius 1 is 1.42 bits per heavy atom. The van der Waals surface area contributed by atoms with Gasteiger partial charge < -0.3 is 4.90 Å². The Morgan fingerprint density at radius 2 is 2.05 bits per heavy atom. The van der Waals surface area contributed by atoms with Crippen LogP contribution in [0.2, 0.25) is 0 Å². The highest BCUT2D eigenvalue weighted by atomic mass is 127. The Hall–Kier alpha value is -1.10. The van der Waals surface area contributed by atoms with Crippen molar-refractivity contribution in [3.8, 4) is 0 Å². The summed E-state index contributed by atoms with van der Waals surface area (Å²) in [6.45, 7) is 7.68. The lowest BCUT2D eigenvalue weighted by Gasteiger charge is -2.29. The monoisotopic (exact) mass is 369 g/mol. The molecule has 0 heterocycles. The molecule has 0 aliphatic carbocycles. The van der Waals surface area contributed by atoms with Crippen LogP contribution in [0.3, 0.4) is 0 Å². The smallest absolute Gasteiger partial charge is 0.228 e. The molecule has 19 heavy (non-hydrogen) atoms. The van der Waals surface area contributed by atoms with Crippen molar-refractivity contribution < 1.29 is 4.79 Å². The maximum absolute atomic E-state index is 12.3. The van der Waals surface area contributed by atoms with Crippen molar-refractivity contribution in [3.63, 3.8) is 0 Å². The number of allylic oxidation sites excluding steroid dienone is 2. The molecule has 0 saturated heterocycles. The van der Waals surface area contributed by atoms with Crippen molar-refractivity contribution in [3.05, 3.63) is 58.3 Å². The summed E-state index contributed by atoms with van der Waals surface area (Å²) in [5, 5.41) is 0. The van der Waals surface area contributed by atoms with E-state index in [1.807, 2.05) is 36.1 Å². The van der Waals surface area contributed by atoms with Gasteiger partial charge in [0.25, 0.3) is 0 Å². The van der Waals surface area contributed by atoms with Crippen molar-refractivity contribution in [2.75, 3.05) is 0 Å². The number of nitrogens with zero attached hydrogens (tertiary/aromatic N) is 1. The van der Waals surface area contributed by atoms with E-state index in [1.54, 1.807) is 6.08 Å². The average Bonchev–Trinajstić information content (AvgIpc) is 2.45. The minimum atomic E-state index is 0.0432. The summed E-state index contributed by atoms with van der Waals surface area (Å²) in [5.74, 6) is 0.138. The number of amides is 1. The van der Waals surface area contributed by atoms with Crippen LogP contribution in [-0.4, -0.2) is 10.8 Å². The van der Waals surface area contributed by atoms with Gasteiger partial charge in [0.05, 0.1) is 9.75 Å². The molecule has 1 aromatic rings. The highest BCUT2D eigenvalue weighted by molar-refractivity contribution is 14.1. The predicted molar refractivity (Wildman–Crippen MR) is 88.9 cm³/mol. The van der Waals surface area contributed by atoms with E-state index in [0.717, 1.165) is 9.27 Å². The molecule has 0 spiro atoms. The fourth-order valence-corrected chi connectivity index (χ4v) is 2.57. The molecule has 2 nitrogen and oxygen atoms in total. The van der Waals surface area contributed by atoms with Gasteiger partial charge in [-0.1, -0.05) is 42.5 Å². The lowest BCUT2D eigenvalue weighted by molar-refractivity contribution is -0.130. The maximum atomic E-state index is 12.3. The van der Waals surface area contributed by atoms with Gasteiger partial charge in [-0.2, -0.15) is 0 Å². The van der Waals surface area contributed by atoms with Crippen molar-refractivity contribution in [1.29, 1.82) is 0 Å². The molecule has 0 saturated carbocycles. The Morgan fingerprint density at radius 3 is 2.58 bits per heavy atom. The number of benzene rings is 1. The molecule has 0 aliphatic heterocycles. The van der Waals surface area contributed by atoms with Crippen molar-refractivity contribution in [2.45, 2.75) is 32.7 Å². The van der Waals surface area contributed by atoms with Gasteiger partial charge in [0.15, 0.2) is 0 Å². The van der Waals surface area contributed by atoms with E-state index in [2.05, 4.69) is 48.2 Å². The second kappa shape index (κ2) is 8.15. The first kappa shape index (κ1) is 16.0. The maximum Gasteiger partial charge on any atom is 0.228 e. The molecule has 1 aromatic carbocycles. The molecule has 0 radical (unpaired) electrons. The van der Waals surface area contributed by atoms with E-state index in [9.17, 15) is 4.79 Å². The number of carbonyl (C=O) groups excluding carboxylic acids is 1. The fourth-order valence-electron chi connectivity index (χ4n) is 1.89. The van der Waals surface area contributed by atoms with E-state index in [0.29, 0.717) is 12.8 Å². The van der Waals surface area contributed by atoms with Crippen LogP contribution in [0, 0.1) is 0 Å². The Bertz CT molecular complexity index is 453. The lowest BCUT2D eigenvalue weighted by atomic mass is 10.1. The average molecular weight is 369 g/mol. The van der Waals surface area contributed by atoms with E-state index in [-0.39, 0.29) is 11.9 Å². The largest absolute Gasteiger partial charge is 0.300 e. The summed E-state index contributed by atoms with van der Waals surface area (Å²) in [6, 6.07) is 10.1. The molecule has 0 fully saturated rings. The molecule has 1 amide bonds. The van der Waals surface area contributed by atoms with Crippen LogP contribution in [0.4, 0.5) is 0 Å². The molecule has 0 aromatic heterocycles. The Kier molecular flexibility index (Phi) is 6.84. The third kappa shape index (κ3) is 4.49. The first-order valence-electron chi connectivity index (χ1n) is 6.41. The van der Waals surface area contributed by atoms with Gasteiger partial charge in [-0.15, -0.1) is 6.58 Å². The van der Waals surface area contributed by atoms with E-state index in [1.165, 1.54) is 0 Å². The molecular formula is C16H20INO. The molecule has 3 heteroatoms. The third-order valence-corrected chi connectivity index (χ3v) is 4.11. The van der Waals surface area contributed by atoms with Crippen molar-refractivity contribution in [2.24, 2.45) is 0 Å². The van der Waals surface area contributed by atoms with Crippen molar-refractivity contribution >= 4 is 28.5 Å². The van der Waals surface area contributed by atoms with Gasteiger partial charge in [-0.25, -0.2) is 0 Å². The molecule has 0 aliphatic rings. The van der Waals surface area contributed by atoms with Crippen LogP contribution in [-0.2, 0) is 4.79 Å². The van der Waals surface area contributed by atoms with Crippen LogP contribution in [0.5, 0.6) is 0 Å². The number of halogens is 1. The zero-order valence-corrected chi connectivity index (χ0v) is 13.6. The summed E-state index contributed by atoms with van der Waals surface area (Å²) in [5.41, 5.74) is 1.14. The van der Waals surface area contributed by atoms with Crippen LogP contribution in [0.1, 0.15) is 38.3 Å². The lowest BCUT2D eigenvalue weighted by Crippen LogP contribution is -2.30. The fraction of sp³-hybridized carbons (Fsp3) is 0.312. The number of rotatable bonds is 6. The summed E-state index contributed by atoms with van der Waals surface area (Å²) >= 11 is 2.22. The highest BCUT2D eigenvalue weighted by Gasteiger charge is 2.22. The van der Waals surface area contributed by atoms with Crippen molar-refractivity contribution in [1.82, 2.24) is 4.90 Å². The normalized spacial score (nSPS) is 12.9. The Labute approximate surface area is 129 Å². The first-order chi connectivity index (χ1) is 9.11. The van der Waals surface area contributed by atoms with Gasteiger partial charge in [0.1, 0.15) is 0 Å². The van der Waals surface area contributed by atoms with Crippen LogP contribution in [0.15, 0.2) is 52.8 Å². The zero-order valence-electron chi connectivity index (χ0n) is 11.5. The summed E-state index contributed by atoms with van der Waals surface area (Å²) in [6.07, 6.45) is 4.96. The number of carbonyl (C=O) groups is 1. The molecule has 0 N–H and O–H groups in total. The van der Waals surface area contributed by atoms with Crippen LogP contribution < -0.4 is 0 Å². The molecular weight excluding hydrogens is 349 g/mol. The van der Waals surface area contributed by atoms with E-state index in [4.69, 9.17) is 0 Å². The highest BCUT2D eigenvalue weighted by Crippen LogP contribution is 2.28. The third-order valence-electron chi connectivity index (χ3n) is 2.97. The Balaban J connectivity index is 2.97. The second-order valence-corrected chi connectivity index (χ2v) is 5.39. The summed E-state index contributed by atoms with van der Waals surface area (Å²) in [7, 11) is 0. The number of hydrogen-bond donors (Lipinski definition) is 0. The minimum Gasteiger partial charge on any atom is -0.300 e. The molecule has 0 unspecified atom stereocenters. The van der Waals surface area contributed by atoms with Gasteiger partial charge in [-0.3, -0.25) is 4.79 Å². The van der Waals surface area contributed by atoms with Crippen LogP contribution >= 0.6 is 22.6 Å². The molecule has 1 rings (SSSR count). The van der Waals surface area contributed by atoms with Gasteiger partial charge in [0.2, 0.25) is 5.91 Å².